The molecule has 0 saturated carbocycles. The van der Waals surface area contributed by atoms with Gasteiger partial charge in [0, 0.05) is 6.42 Å². The van der Waals surface area contributed by atoms with Crippen LogP contribution in [0.15, 0.2) is 18.2 Å². The van der Waals surface area contributed by atoms with Crippen molar-refractivity contribution in [2.45, 2.75) is 19.0 Å². The Hall–Kier alpha value is -1.43. The molecule has 0 heterocycles. The molecular weight excluding hydrogens is 271 g/mol. The van der Waals surface area contributed by atoms with E-state index in [1.54, 1.807) is 0 Å². The van der Waals surface area contributed by atoms with Gasteiger partial charge in [-0.1, -0.05) is 17.7 Å². The predicted molar refractivity (Wildman–Crippen MR) is 61.4 cm³/mol. The molecule has 0 unspecified atom stereocenters. The second kappa shape index (κ2) is 5.95. The van der Waals surface area contributed by atoms with Gasteiger partial charge in [0.15, 0.2) is 0 Å². The van der Waals surface area contributed by atoms with Gasteiger partial charge in [0.1, 0.15) is 0 Å². The van der Waals surface area contributed by atoms with Crippen molar-refractivity contribution in [3.05, 3.63) is 28.8 Å². The topological polar surface area (TPSA) is 52.3 Å². The Kier molecular flexibility index (Phi) is 4.84. The van der Waals surface area contributed by atoms with Crippen LogP contribution in [-0.2, 0) is 4.74 Å². The molecule has 1 aromatic carbocycles. The van der Waals surface area contributed by atoms with Gasteiger partial charge < -0.3 is 10.5 Å². The van der Waals surface area contributed by atoms with Gasteiger partial charge in [0.25, 0.3) is 0 Å². The quantitative estimate of drug-likeness (QED) is 0.523. The van der Waals surface area contributed by atoms with Crippen molar-refractivity contribution in [2.75, 3.05) is 12.3 Å². The van der Waals surface area contributed by atoms with E-state index < -0.39 is 18.6 Å². The smallest absolute Gasteiger partial charge is 0.389 e. The number of carbonyl (C=O) groups is 1. The molecule has 3 nitrogen and oxygen atoms in total. The number of ether oxygens (including phenoxy) is 1. The van der Waals surface area contributed by atoms with Crippen molar-refractivity contribution in [2.24, 2.45) is 0 Å². The molecule has 1 rings (SSSR count). The van der Waals surface area contributed by atoms with E-state index in [1.807, 2.05) is 0 Å². The number of benzene rings is 1. The first-order valence-corrected chi connectivity index (χ1v) is 5.47. The molecule has 0 saturated heterocycles. The van der Waals surface area contributed by atoms with E-state index in [2.05, 4.69) is 4.74 Å². The van der Waals surface area contributed by atoms with Gasteiger partial charge >= 0.3 is 12.1 Å². The van der Waals surface area contributed by atoms with Crippen LogP contribution in [0.25, 0.3) is 0 Å². The molecule has 18 heavy (non-hydrogen) atoms. The maximum absolute atomic E-state index is 11.8. The molecular formula is C11H11ClF3NO2. The lowest BCUT2D eigenvalue weighted by molar-refractivity contribution is -0.137. The number of nitrogens with two attached hydrogens (primary N) is 1. The highest BCUT2D eigenvalue weighted by Crippen LogP contribution is 2.24. The lowest BCUT2D eigenvalue weighted by Gasteiger charge is -2.08. The largest absolute Gasteiger partial charge is 0.462 e. The number of rotatable bonds is 4. The van der Waals surface area contributed by atoms with Crippen LogP contribution < -0.4 is 5.73 Å². The van der Waals surface area contributed by atoms with Crippen molar-refractivity contribution in [1.29, 1.82) is 0 Å². The summed E-state index contributed by atoms with van der Waals surface area (Å²) in [6.45, 7) is -0.316. The van der Waals surface area contributed by atoms with Crippen LogP contribution in [0.4, 0.5) is 18.9 Å². The number of carbonyl (C=O) groups excluding carboxylic acids is 1. The number of esters is 1. The predicted octanol–water partition coefficient (Wildman–Crippen LogP) is 3.42. The Morgan fingerprint density at radius 1 is 1.39 bits per heavy atom. The average molecular weight is 282 g/mol. The molecule has 7 heteroatoms. The summed E-state index contributed by atoms with van der Waals surface area (Å²) in [4.78, 5) is 11.5. The molecule has 0 aliphatic carbocycles. The summed E-state index contributed by atoms with van der Waals surface area (Å²) >= 11 is 5.77. The van der Waals surface area contributed by atoms with Gasteiger partial charge in [-0.05, 0) is 18.6 Å². The van der Waals surface area contributed by atoms with E-state index in [1.165, 1.54) is 18.2 Å². The summed E-state index contributed by atoms with van der Waals surface area (Å²) in [5.74, 6) is -0.783. The van der Waals surface area contributed by atoms with E-state index in [0.717, 1.165) is 0 Å². The first-order chi connectivity index (χ1) is 8.31. The summed E-state index contributed by atoms with van der Waals surface area (Å²) in [6.07, 6.45) is -5.53. The summed E-state index contributed by atoms with van der Waals surface area (Å²) in [5, 5.41) is 0.0401. The number of halogens is 4. The Labute approximate surface area is 107 Å². The standard InChI is InChI=1S/C11H11ClF3NO2/c12-9-7(3-1-4-8(9)16)10(17)18-6-2-5-11(13,14)15/h1,3-4H,2,5-6,16H2. The van der Waals surface area contributed by atoms with Crippen LogP contribution in [0.2, 0.25) is 5.02 Å². The van der Waals surface area contributed by atoms with Gasteiger partial charge in [-0.15, -0.1) is 0 Å². The van der Waals surface area contributed by atoms with Gasteiger partial charge in [-0.25, -0.2) is 4.79 Å². The molecule has 100 valence electrons. The number of nitrogen functional groups attached to an aromatic ring is 1. The molecule has 0 radical (unpaired) electrons. The minimum atomic E-state index is -4.25. The fourth-order valence-electron chi connectivity index (χ4n) is 1.22. The summed E-state index contributed by atoms with van der Waals surface area (Å²) in [5.41, 5.74) is 5.74. The number of hydrogen-bond acceptors (Lipinski definition) is 3. The Balaban J connectivity index is 2.49. The zero-order valence-corrected chi connectivity index (χ0v) is 10.0. The zero-order chi connectivity index (χ0) is 13.8. The van der Waals surface area contributed by atoms with Crippen LogP contribution >= 0.6 is 11.6 Å². The van der Waals surface area contributed by atoms with Crippen molar-refractivity contribution in [1.82, 2.24) is 0 Å². The van der Waals surface area contributed by atoms with Crippen molar-refractivity contribution in [3.63, 3.8) is 0 Å². The summed E-state index contributed by atoms with van der Waals surface area (Å²) in [6, 6.07) is 4.40. The van der Waals surface area contributed by atoms with Crippen molar-refractivity contribution >= 4 is 23.3 Å². The Morgan fingerprint density at radius 3 is 2.67 bits per heavy atom. The highest BCUT2D eigenvalue weighted by Gasteiger charge is 2.26. The van der Waals surface area contributed by atoms with Crippen LogP contribution in [0.3, 0.4) is 0 Å². The van der Waals surface area contributed by atoms with E-state index >= 15 is 0 Å². The molecule has 0 aliphatic rings. The zero-order valence-electron chi connectivity index (χ0n) is 9.26. The first kappa shape index (κ1) is 14.6. The van der Waals surface area contributed by atoms with Crippen LogP contribution in [0.5, 0.6) is 0 Å². The third-order valence-corrected chi connectivity index (χ3v) is 2.51. The SMILES string of the molecule is Nc1cccc(C(=O)OCCCC(F)(F)F)c1Cl. The average Bonchev–Trinajstić information content (AvgIpc) is 2.26. The Bertz CT molecular complexity index is 435. The molecule has 0 bridgehead atoms. The number of hydrogen-bond donors (Lipinski definition) is 1. The molecule has 2 N–H and O–H groups in total. The Morgan fingerprint density at radius 2 is 2.06 bits per heavy atom. The lowest BCUT2D eigenvalue weighted by atomic mass is 10.2. The summed E-state index contributed by atoms with van der Waals surface area (Å²) < 4.78 is 40.2. The maximum Gasteiger partial charge on any atom is 0.389 e. The fourth-order valence-corrected chi connectivity index (χ4v) is 1.43. The normalized spacial score (nSPS) is 11.3. The lowest BCUT2D eigenvalue weighted by Crippen LogP contribution is -2.12. The van der Waals surface area contributed by atoms with Crippen molar-refractivity contribution < 1.29 is 22.7 Å². The highest BCUT2D eigenvalue weighted by molar-refractivity contribution is 6.36. The van der Waals surface area contributed by atoms with Gasteiger partial charge in [-0.2, -0.15) is 13.2 Å². The molecule has 0 atom stereocenters. The molecule has 0 spiro atoms. The van der Waals surface area contributed by atoms with Gasteiger partial charge in [0.05, 0.1) is 22.9 Å². The minimum Gasteiger partial charge on any atom is -0.462 e. The molecule has 0 fully saturated rings. The third-order valence-electron chi connectivity index (χ3n) is 2.09. The first-order valence-electron chi connectivity index (χ1n) is 5.09. The minimum absolute atomic E-state index is 0.0401. The van der Waals surface area contributed by atoms with Crippen LogP contribution in [0, 0.1) is 0 Å². The van der Waals surface area contributed by atoms with E-state index in [4.69, 9.17) is 17.3 Å². The maximum atomic E-state index is 11.8. The van der Waals surface area contributed by atoms with E-state index in [9.17, 15) is 18.0 Å². The molecule has 0 amide bonds. The second-order valence-corrected chi connectivity index (χ2v) is 3.94. The van der Waals surface area contributed by atoms with Gasteiger partial charge in [0.2, 0.25) is 0 Å². The van der Waals surface area contributed by atoms with Crippen LogP contribution in [-0.4, -0.2) is 18.8 Å². The fraction of sp³-hybridized carbons (Fsp3) is 0.364. The van der Waals surface area contributed by atoms with E-state index in [-0.39, 0.29) is 29.3 Å². The molecule has 0 aliphatic heterocycles. The van der Waals surface area contributed by atoms with Crippen LogP contribution in [0.1, 0.15) is 23.2 Å². The highest BCUT2D eigenvalue weighted by atomic mass is 35.5. The monoisotopic (exact) mass is 281 g/mol. The number of alkyl halides is 3. The summed E-state index contributed by atoms with van der Waals surface area (Å²) in [7, 11) is 0. The van der Waals surface area contributed by atoms with Crippen molar-refractivity contribution in [3.8, 4) is 0 Å². The molecule has 1 aromatic rings. The third kappa shape index (κ3) is 4.44. The number of anilines is 1. The van der Waals surface area contributed by atoms with E-state index in [0.29, 0.717) is 0 Å². The van der Waals surface area contributed by atoms with Gasteiger partial charge in [-0.3, -0.25) is 0 Å². The molecule has 0 aromatic heterocycles. The second-order valence-electron chi connectivity index (χ2n) is 3.56.